The molecule has 0 aliphatic carbocycles. The maximum Gasteiger partial charge on any atom is 0.417 e. The molecule has 0 saturated heterocycles. The molecule has 0 bridgehead atoms. The van der Waals surface area contributed by atoms with Gasteiger partial charge in [-0.15, -0.1) is 0 Å². The first-order chi connectivity index (χ1) is 16.0. The summed E-state index contributed by atoms with van der Waals surface area (Å²) in [6.07, 6.45) is -4.26. The molecular weight excluding hydrogens is 496 g/mol. The number of hydrogen-bond acceptors (Lipinski definition) is 4. The van der Waals surface area contributed by atoms with Crippen LogP contribution in [0.5, 0.6) is 11.8 Å². The number of imidazole rings is 1. The monoisotopic (exact) mass is 512 g/mol. The van der Waals surface area contributed by atoms with Gasteiger partial charge in [0.15, 0.2) is 11.2 Å². The Labute approximate surface area is 200 Å². The highest BCUT2D eigenvalue weighted by atomic mass is 35.5. The standard InChI is InChI=1S/C22H17Cl2F3N4O3/c1-29-18-17(19(32)30(2)21(29)33)31(10-9-12-3-5-13(23)6-4-12)20(28-18)34-14-7-8-16(24)15(11-14)22(25,26)27/h3-8,11H,9-10H2,1-2H3. The smallest absolute Gasteiger partial charge is 0.417 e. The molecule has 0 aliphatic rings. The topological polar surface area (TPSA) is 71.1 Å². The third kappa shape index (κ3) is 4.43. The van der Waals surface area contributed by atoms with Crippen molar-refractivity contribution in [3.63, 3.8) is 0 Å². The number of rotatable bonds is 5. The molecule has 0 saturated carbocycles. The molecule has 12 heteroatoms. The summed E-state index contributed by atoms with van der Waals surface area (Å²) in [6, 6.07) is 9.99. The summed E-state index contributed by atoms with van der Waals surface area (Å²) in [5.74, 6) is -0.179. The third-order valence-corrected chi connectivity index (χ3v) is 5.88. The van der Waals surface area contributed by atoms with E-state index in [4.69, 9.17) is 27.9 Å². The van der Waals surface area contributed by atoms with E-state index in [1.54, 1.807) is 12.1 Å². The van der Waals surface area contributed by atoms with Crippen molar-refractivity contribution in [2.45, 2.75) is 19.1 Å². The average Bonchev–Trinajstić information content (AvgIpc) is 3.14. The minimum absolute atomic E-state index is 0.0456. The maximum atomic E-state index is 13.3. The Hall–Kier alpha value is -3.24. The lowest BCUT2D eigenvalue weighted by atomic mass is 10.1. The highest BCUT2D eigenvalue weighted by Gasteiger charge is 2.34. The molecule has 4 rings (SSSR count). The quantitative estimate of drug-likeness (QED) is 0.385. The van der Waals surface area contributed by atoms with Crippen LogP contribution in [0.4, 0.5) is 13.2 Å². The maximum absolute atomic E-state index is 13.3. The van der Waals surface area contributed by atoms with Gasteiger partial charge in [-0.2, -0.15) is 18.2 Å². The van der Waals surface area contributed by atoms with Crippen molar-refractivity contribution < 1.29 is 17.9 Å². The highest BCUT2D eigenvalue weighted by molar-refractivity contribution is 6.31. The van der Waals surface area contributed by atoms with Gasteiger partial charge in [0.05, 0.1) is 10.6 Å². The number of aryl methyl sites for hydroxylation is 3. The Morgan fingerprint density at radius 1 is 1.00 bits per heavy atom. The van der Waals surface area contributed by atoms with Crippen molar-refractivity contribution in [1.29, 1.82) is 0 Å². The van der Waals surface area contributed by atoms with Gasteiger partial charge in [-0.25, -0.2) is 4.79 Å². The predicted octanol–water partition coefficient (Wildman–Crippen LogP) is 4.79. The fourth-order valence-corrected chi connectivity index (χ4v) is 3.85. The molecule has 2 heterocycles. The molecule has 2 aromatic heterocycles. The first kappa shape index (κ1) is 23.9. The fraction of sp³-hybridized carbons (Fsp3) is 0.227. The second-order valence-electron chi connectivity index (χ2n) is 7.54. The lowest BCUT2D eigenvalue weighted by Crippen LogP contribution is -2.37. The number of nitrogens with zero attached hydrogens (tertiary/aromatic N) is 4. The van der Waals surface area contributed by atoms with Gasteiger partial charge in [-0.3, -0.25) is 18.5 Å². The number of ether oxygens (including phenoxy) is 1. The molecule has 4 aromatic rings. The number of halogens is 5. The van der Waals surface area contributed by atoms with Crippen LogP contribution < -0.4 is 16.0 Å². The summed E-state index contributed by atoms with van der Waals surface area (Å²) < 4.78 is 49.1. The van der Waals surface area contributed by atoms with Gasteiger partial charge in [-0.1, -0.05) is 35.3 Å². The van der Waals surface area contributed by atoms with Crippen molar-refractivity contribution in [2.24, 2.45) is 14.1 Å². The summed E-state index contributed by atoms with van der Waals surface area (Å²) in [7, 11) is 2.77. The fourth-order valence-electron chi connectivity index (χ4n) is 3.49. The molecule has 7 nitrogen and oxygen atoms in total. The van der Waals surface area contributed by atoms with Crippen LogP contribution in [-0.4, -0.2) is 18.7 Å². The van der Waals surface area contributed by atoms with Gasteiger partial charge in [0, 0.05) is 25.7 Å². The van der Waals surface area contributed by atoms with E-state index in [1.165, 1.54) is 29.3 Å². The third-order valence-electron chi connectivity index (χ3n) is 5.30. The van der Waals surface area contributed by atoms with Crippen molar-refractivity contribution in [2.75, 3.05) is 0 Å². The van der Waals surface area contributed by atoms with Gasteiger partial charge in [0.2, 0.25) is 0 Å². The molecular formula is C22H17Cl2F3N4O3. The lowest BCUT2D eigenvalue weighted by molar-refractivity contribution is -0.137. The summed E-state index contributed by atoms with van der Waals surface area (Å²) in [4.78, 5) is 29.6. The summed E-state index contributed by atoms with van der Waals surface area (Å²) >= 11 is 11.6. The van der Waals surface area contributed by atoms with Crippen LogP contribution in [0.2, 0.25) is 10.0 Å². The Morgan fingerprint density at radius 3 is 2.32 bits per heavy atom. The van der Waals surface area contributed by atoms with Gasteiger partial charge in [0.1, 0.15) is 5.75 Å². The Kier molecular flexibility index (Phi) is 6.22. The van der Waals surface area contributed by atoms with E-state index in [0.29, 0.717) is 11.4 Å². The number of hydrogen-bond donors (Lipinski definition) is 0. The van der Waals surface area contributed by atoms with E-state index in [2.05, 4.69) is 4.98 Å². The minimum atomic E-state index is -4.69. The van der Waals surface area contributed by atoms with Crippen molar-refractivity contribution in [1.82, 2.24) is 18.7 Å². The van der Waals surface area contributed by atoms with Gasteiger partial charge in [0.25, 0.3) is 5.56 Å². The van der Waals surface area contributed by atoms with E-state index in [0.717, 1.165) is 22.3 Å². The summed E-state index contributed by atoms with van der Waals surface area (Å²) in [5, 5.41) is 0.0836. The number of benzene rings is 2. The Morgan fingerprint density at radius 2 is 1.68 bits per heavy atom. The van der Waals surface area contributed by atoms with Crippen molar-refractivity contribution in [3.05, 3.63) is 84.5 Å². The van der Waals surface area contributed by atoms with Crippen LogP contribution in [0.25, 0.3) is 11.2 Å². The highest BCUT2D eigenvalue weighted by Crippen LogP contribution is 2.37. The van der Waals surface area contributed by atoms with Crippen molar-refractivity contribution >= 4 is 34.4 Å². The van der Waals surface area contributed by atoms with E-state index in [-0.39, 0.29) is 29.5 Å². The Balaban J connectivity index is 1.84. The molecule has 178 valence electrons. The summed E-state index contributed by atoms with van der Waals surface area (Å²) in [5.41, 5.74) is -1.26. The van der Waals surface area contributed by atoms with Crippen LogP contribution in [0.3, 0.4) is 0 Å². The molecule has 0 unspecified atom stereocenters. The van der Waals surface area contributed by atoms with Crippen LogP contribution >= 0.6 is 23.2 Å². The molecule has 0 fully saturated rings. The van der Waals surface area contributed by atoms with Crippen LogP contribution in [0.1, 0.15) is 11.1 Å². The number of fused-ring (bicyclic) bond motifs is 1. The SMILES string of the molecule is Cn1c(=O)c2c(nc(Oc3ccc(Cl)c(C(F)(F)F)c3)n2CCc2ccc(Cl)cc2)n(C)c1=O. The van der Waals surface area contributed by atoms with Crippen molar-refractivity contribution in [3.8, 4) is 11.8 Å². The molecule has 2 aromatic carbocycles. The normalized spacial score (nSPS) is 11.9. The number of aromatic nitrogens is 4. The molecule has 0 radical (unpaired) electrons. The second kappa shape index (κ2) is 8.84. The van der Waals surface area contributed by atoms with Gasteiger partial charge >= 0.3 is 17.9 Å². The Bertz CT molecular complexity index is 1510. The summed E-state index contributed by atoms with van der Waals surface area (Å²) in [6.45, 7) is 0.195. The molecule has 0 atom stereocenters. The predicted molar refractivity (Wildman–Crippen MR) is 122 cm³/mol. The zero-order chi connectivity index (χ0) is 24.8. The van der Waals surface area contributed by atoms with E-state index in [9.17, 15) is 22.8 Å². The largest absolute Gasteiger partial charge is 0.425 e. The molecule has 0 N–H and O–H groups in total. The van der Waals surface area contributed by atoms with Gasteiger partial charge < -0.3 is 4.74 Å². The molecule has 0 amide bonds. The lowest BCUT2D eigenvalue weighted by Gasteiger charge is -2.13. The average molecular weight is 513 g/mol. The van der Waals surface area contributed by atoms with E-state index in [1.807, 2.05) is 12.1 Å². The number of alkyl halides is 3. The van der Waals surface area contributed by atoms with Crippen LogP contribution in [0.15, 0.2) is 52.1 Å². The van der Waals surface area contributed by atoms with Gasteiger partial charge in [-0.05, 0) is 42.3 Å². The second-order valence-corrected chi connectivity index (χ2v) is 8.39. The first-order valence-corrected chi connectivity index (χ1v) is 10.7. The van der Waals surface area contributed by atoms with Crippen LogP contribution in [-0.2, 0) is 33.2 Å². The minimum Gasteiger partial charge on any atom is -0.425 e. The molecule has 0 aliphatic heterocycles. The van der Waals surface area contributed by atoms with E-state index < -0.39 is 28.0 Å². The zero-order valence-corrected chi connectivity index (χ0v) is 19.4. The molecule has 34 heavy (non-hydrogen) atoms. The molecule has 0 spiro atoms. The van der Waals surface area contributed by atoms with E-state index >= 15 is 0 Å². The van der Waals surface area contributed by atoms with Crippen LogP contribution in [0, 0.1) is 0 Å². The zero-order valence-electron chi connectivity index (χ0n) is 17.9. The first-order valence-electron chi connectivity index (χ1n) is 9.92.